The van der Waals surface area contributed by atoms with Gasteiger partial charge in [0, 0.05) is 25.1 Å². The summed E-state index contributed by atoms with van der Waals surface area (Å²) >= 11 is 5.99. The highest BCUT2D eigenvalue weighted by molar-refractivity contribution is 6.33. The summed E-state index contributed by atoms with van der Waals surface area (Å²) in [6.45, 7) is 2.08. The molecule has 3 rings (SSSR count). The Balaban J connectivity index is 1.66. The van der Waals surface area contributed by atoms with E-state index in [1.165, 1.54) is 25.6 Å². The second kappa shape index (κ2) is 10.8. The van der Waals surface area contributed by atoms with Gasteiger partial charge in [0.2, 0.25) is 5.91 Å². The monoisotopic (exact) mass is 479 g/mol. The highest BCUT2D eigenvalue weighted by Crippen LogP contribution is 2.34. The maximum Gasteiger partial charge on any atom is 0.272 e. The van der Waals surface area contributed by atoms with Crippen molar-refractivity contribution in [3.63, 3.8) is 0 Å². The number of carbonyl (C=O) groups excluding carboxylic acids is 3. The van der Waals surface area contributed by atoms with E-state index in [9.17, 15) is 18.8 Å². The second-order valence-corrected chi connectivity index (χ2v) is 8.57. The van der Waals surface area contributed by atoms with Gasteiger partial charge in [0.05, 0.1) is 23.6 Å². The van der Waals surface area contributed by atoms with Crippen molar-refractivity contribution in [2.45, 2.75) is 44.7 Å². The van der Waals surface area contributed by atoms with Crippen molar-refractivity contribution >= 4 is 35.0 Å². The van der Waals surface area contributed by atoms with Gasteiger partial charge in [-0.15, -0.1) is 0 Å². The van der Waals surface area contributed by atoms with Gasteiger partial charge >= 0.3 is 0 Å². The van der Waals surface area contributed by atoms with Crippen molar-refractivity contribution in [1.29, 1.82) is 0 Å². The van der Waals surface area contributed by atoms with Crippen molar-refractivity contribution in [2.75, 3.05) is 19.0 Å². The van der Waals surface area contributed by atoms with E-state index >= 15 is 0 Å². The Hall–Kier alpha value is -2.98. The minimum Gasteiger partial charge on any atom is -0.383 e. The minimum absolute atomic E-state index is 0.0312. The summed E-state index contributed by atoms with van der Waals surface area (Å²) in [5.41, 5.74) is 5.94. The van der Waals surface area contributed by atoms with Crippen molar-refractivity contribution < 1.29 is 23.5 Å². The third-order valence-electron chi connectivity index (χ3n) is 5.69. The largest absolute Gasteiger partial charge is 0.383 e. The Morgan fingerprint density at radius 3 is 2.61 bits per heavy atom. The predicted octanol–water partition coefficient (Wildman–Crippen LogP) is 2.91. The fraction of sp³-hybridized carbons (Fsp3) is 0.455. The lowest BCUT2D eigenvalue weighted by molar-refractivity contribution is -0.121. The van der Waals surface area contributed by atoms with Gasteiger partial charge in [-0.2, -0.15) is 0 Å². The van der Waals surface area contributed by atoms with Crippen LogP contribution in [0.2, 0.25) is 5.02 Å². The molecule has 1 saturated carbocycles. The van der Waals surface area contributed by atoms with Crippen LogP contribution < -0.4 is 16.4 Å². The van der Waals surface area contributed by atoms with Gasteiger partial charge in [-0.25, -0.2) is 9.37 Å². The average molecular weight is 480 g/mol. The van der Waals surface area contributed by atoms with Gasteiger partial charge in [0.25, 0.3) is 11.8 Å². The summed E-state index contributed by atoms with van der Waals surface area (Å²) in [4.78, 5) is 41.5. The van der Waals surface area contributed by atoms with E-state index in [1.54, 1.807) is 11.5 Å². The van der Waals surface area contributed by atoms with Crippen LogP contribution in [0.1, 0.15) is 59.6 Å². The van der Waals surface area contributed by atoms with E-state index < -0.39 is 17.6 Å². The van der Waals surface area contributed by atoms with E-state index in [0.29, 0.717) is 38.0 Å². The number of carbonyl (C=O) groups is 3. The lowest BCUT2D eigenvalue weighted by atomic mass is 9.85. The number of ether oxygens (including phenoxy) is 1. The number of methoxy groups -OCH3 is 1. The molecule has 1 atom stereocenters. The van der Waals surface area contributed by atoms with Crippen molar-refractivity contribution in [3.8, 4) is 0 Å². The molecule has 0 aliphatic heterocycles. The van der Waals surface area contributed by atoms with Gasteiger partial charge in [0.15, 0.2) is 5.69 Å². The Bertz CT molecular complexity index is 1040. The molecule has 3 amide bonds. The van der Waals surface area contributed by atoms with Gasteiger partial charge in [-0.1, -0.05) is 11.6 Å². The zero-order chi connectivity index (χ0) is 24.1. The fourth-order valence-corrected chi connectivity index (χ4v) is 4.29. The molecule has 1 aromatic carbocycles. The van der Waals surface area contributed by atoms with Gasteiger partial charge in [-0.05, 0) is 50.8 Å². The Labute approximate surface area is 195 Å². The van der Waals surface area contributed by atoms with Gasteiger partial charge in [-0.3, -0.25) is 14.4 Å². The zero-order valence-electron chi connectivity index (χ0n) is 18.4. The minimum atomic E-state index is -0.747. The summed E-state index contributed by atoms with van der Waals surface area (Å²) in [6.07, 6.45) is 3.73. The molecule has 4 N–H and O–H groups in total. The van der Waals surface area contributed by atoms with E-state index in [0.717, 1.165) is 6.07 Å². The van der Waals surface area contributed by atoms with E-state index in [4.69, 9.17) is 22.1 Å². The molecule has 33 heavy (non-hydrogen) atoms. The molecule has 1 aromatic heterocycles. The number of aromatic nitrogens is 2. The molecule has 0 bridgehead atoms. The Morgan fingerprint density at radius 2 is 2.00 bits per heavy atom. The fourth-order valence-electron chi connectivity index (χ4n) is 4.07. The number of benzene rings is 1. The maximum absolute atomic E-state index is 13.2. The van der Waals surface area contributed by atoms with Crippen LogP contribution in [-0.4, -0.2) is 47.0 Å². The van der Waals surface area contributed by atoms with Crippen LogP contribution in [0.25, 0.3) is 0 Å². The van der Waals surface area contributed by atoms with Crippen LogP contribution in [-0.2, 0) is 9.53 Å². The molecule has 11 heteroatoms. The second-order valence-electron chi connectivity index (χ2n) is 8.16. The van der Waals surface area contributed by atoms with Crippen LogP contribution in [0, 0.1) is 11.7 Å². The Morgan fingerprint density at radius 1 is 1.30 bits per heavy atom. The molecular formula is C22H27ClFN5O4. The maximum atomic E-state index is 13.2. The molecule has 178 valence electrons. The van der Waals surface area contributed by atoms with E-state index in [-0.39, 0.29) is 40.3 Å². The number of rotatable bonds is 8. The smallest absolute Gasteiger partial charge is 0.272 e. The van der Waals surface area contributed by atoms with Crippen LogP contribution in [0.5, 0.6) is 0 Å². The van der Waals surface area contributed by atoms with Crippen molar-refractivity contribution in [1.82, 2.24) is 14.9 Å². The first-order valence-corrected chi connectivity index (χ1v) is 11.0. The summed E-state index contributed by atoms with van der Waals surface area (Å²) < 4.78 is 19.8. The highest BCUT2D eigenvalue weighted by atomic mass is 35.5. The highest BCUT2D eigenvalue weighted by Gasteiger charge is 2.31. The van der Waals surface area contributed by atoms with Crippen LogP contribution in [0.4, 0.5) is 10.1 Å². The third-order valence-corrected chi connectivity index (χ3v) is 6.00. The normalized spacial score (nSPS) is 19.0. The first-order valence-electron chi connectivity index (χ1n) is 10.6. The summed E-state index contributed by atoms with van der Waals surface area (Å²) in [6, 6.07) is 3.40. The predicted molar refractivity (Wildman–Crippen MR) is 121 cm³/mol. The lowest BCUT2D eigenvalue weighted by Gasteiger charge is -2.29. The number of hydrogen-bond donors (Lipinski definition) is 3. The molecule has 2 aromatic rings. The molecule has 0 saturated heterocycles. The summed E-state index contributed by atoms with van der Waals surface area (Å²) in [7, 11) is 1.52. The number of primary amides is 1. The Kier molecular flexibility index (Phi) is 8.04. The number of halogens is 2. The van der Waals surface area contributed by atoms with Crippen molar-refractivity contribution in [2.24, 2.45) is 11.7 Å². The molecular weight excluding hydrogens is 453 g/mol. The SMILES string of the molecule is COC[C@@H](C)NC(=O)c1ncn([C@H]2CC[C@H](C(=O)Nc3ccc(F)cc3Cl)CC2)c1C(N)=O. The van der Waals surface area contributed by atoms with Crippen molar-refractivity contribution in [3.05, 3.63) is 46.8 Å². The molecule has 1 heterocycles. The van der Waals surface area contributed by atoms with Gasteiger partial charge < -0.3 is 25.7 Å². The molecule has 0 spiro atoms. The summed E-state index contributed by atoms with van der Waals surface area (Å²) in [5.74, 6) is -2.19. The van der Waals surface area contributed by atoms with Crippen LogP contribution in [0.15, 0.2) is 24.5 Å². The quantitative estimate of drug-likeness (QED) is 0.536. The first-order chi connectivity index (χ1) is 15.7. The zero-order valence-corrected chi connectivity index (χ0v) is 19.2. The topological polar surface area (TPSA) is 128 Å². The number of anilines is 1. The lowest BCUT2D eigenvalue weighted by Crippen LogP contribution is -2.37. The van der Waals surface area contributed by atoms with Gasteiger partial charge in [0.1, 0.15) is 11.5 Å². The standard InChI is InChI=1S/C22H27ClFN5O4/c1-12(10-33-2)27-22(32)18-19(20(25)30)29(11-26-18)15-6-3-13(4-7-15)21(31)28-17-8-5-14(24)9-16(17)23/h5,8-9,11-13,15H,3-4,6-7,10H2,1-2H3,(H2,25,30)(H,27,32)(H,28,31)/t12-,13-,15-/m1/s1. The van der Waals surface area contributed by atoms with Crippen LogP contribution in [0.3, 0.4) is 0 Å². The molecule has 9 nitrogen and oxygen atoms in total. The average Bonchev–Trinajstić information content (AvgIpc) is 3.21. The molecule has 1 aliphatic carbocycles. The molecule has 0 radical (unpaired) electrons. The molecule has 1 aliphatic rings. The number of nitrogens with zero attached hydrogens (tertiary/aromatic N) is 2. The number of nitrogens with two attached hydrogens (primary N) is 1. The van der Waals surface area contributed by atoms with E-state index in [1.807, 2.05) is 0 Å². The number of imidazole rings is 1. The summed E-state index contributed by atoms with van der Waals surface area (Å²) in [5, 5.41) is 5.60. The number of nitrogens with one attached hydrogen (secondary N) is 2. The molecule has 0 unspecified atom stereocenters. The van der Waals surface area contributed by atoms with E-state index in [2.05, 4.69) is 15.6 Å². The number of hydrogen-bond acceptors (Lipinski definition) is 5. The molecule has 1 fully saturated rings. The number of amides is 3. The first kappa shape index (κ1) is 24.7. The van der Waals surface area contributed by atoms with Crippen LogP contribution >= 0.6 is 11.6 Å². The third kappa shape index (κ3) is 5.88.